The van der Waals surface area contributed by atoms with E-state index in [1.165, 1.54) is 36.1 Å². The molecule has 3 rings (SSSR count). The third kappa shape index (κ3) is 19.4. The van der Waals surface area contributed by atoms with Gasteiger partial charge in [-0.3, -0.25) is 38.4 Å². The molecular weight excluding hydrogens is 907 g/mol. The molecule has 70 heavy (non-hydrogen) atoms. The van der Waals surface area contributed by atoms with Gasteiger partial charge < -0.3 is 63.6 Å². The highest BCUT2D eigenvalue weighted by Gasteiger charge is 2.40. The number of aromatic hydroxyl groups is 1. The van der Waals surface area contributed by atoms with Crippen LogP contribution >= 0.6 is 0 Å². The first kappa shape index (κ1) is 57.7. The first-order chi connectivity index (χ1) is 33.1. The number of carbonyl (C=O) groups is 9. The van der Waals surface area contributed by atoms with Crippen LogP contribution in [0.3, 0.4) is 0 Å². The van der Waals surface area contributed by atoms with Crippen LogP contribution in [0.15, 0.2) is 54.6 Å². The SMILES string of the molecule is CC(C)CC(NC(=O)C(Cc1ccc(O)cc1)NC(=O)C(CCC(=O)O)NC(=O)C1CCCN1C(=O)C(CC(C)C)NC(=O)C(C)NC(=O)C(N)Cc1ccccc1)C(=O)NC(CCCCN)C(=O)O. The summed E-state index contributed by atoms with van der Waals surface area (Å²) in [6.45, 7) is 9.18. The van der Waals surface area contributed by atoms with E-state index >= 15 is 0 Å². The van der Waals surface area contributed by atoms with Crippen LogP contribution < -0.4 is 43.4 Å². The lowest BCUT2D eigenvalue weighted by Crippen LogP contribution is -2.60. The number of unbranched alkanes of at least 4 members (excludes halogenated alkanes) is 1. The number of nitrogens with one attached hydrogen (secondary N) is 6. The standard InChI is InChI=1S/C49H73N9O12/c1-28(2)24-37(45(65)54-36(49(69)70)14-9-10-22-50)55-46(66)38(27-32-16-18-33(59)19-17-32)56-44(64)35(20-21-41(60)61)53-47(67)40-15-11-23-58(40)48(68)39(25-29(3)4)57-42(62)30(5)52-43(63)34(51)26-31-12-7-6-8-13-31/h6-8,12-13,16-19,28-30,34-40,59H,9-11,14-15,20-27,50-51H2,1-5H3,(H,52,63)(H,53,67)(H,54,65)(H,55,66)(H,56,64)(H,57,62)(H,60,61)(H,69,70). The summed E-state index contributed by atoms with van der Waals surface area (Å²) in [5.74, 6) is -8.07. The highest BCUT2D eigenvalue weighted by atomic mass is 16.4. The average Bonchev–Trinajstić information content (AvgIpc) is 3.80. The van der Waals surface area contributed by atoms with E-state index in [1.54, 1.807) is 13.8 Å². The second-order valence-corrected chi connectivity index (χ2v) is 18.7. The van der Waals surface area contributed by atoms with Gasteiger partial charge in [-0.05, 0) is 106 Å². The van der Waals surface area contributed by atoms with Gasteiger partial charge in [0.15, 0.2) is 0 Å². The highest BCUT2D eigenvalue weighted by molar-refractivity contribution is 5.98. The summed E-state index contributed by atoms with van der Waals surface area (Å²) in [6.07, 6.45) is 0.888. The Morgan fingerprint density at radius 2 is 1.19 bits per heavy atom. The topological polar surface area (TPSA) is 342 Å². The molecule has 386 valence electrons. The van der Waals surface area contributed by atoms with Crippen molar-refractivity contribution in [2.24, 2.45) is 23.3 Å². The largest absolute Gasteiger partial charge is 0.508 e. The van der Waals surface area contributed by atoms with Gasteiger partial charge >= 0.3 is 11.9 Å². The number of carbonyl (C=O) groups excluding carboxylic acids is 7. The van der Waals surface area contributed by atoms with Crippen LogP contribution in [0.5, 0.6) is 5.75 Å². The van der Waals surface area contributed by atoms with Gasteiger partial charge in [0.25, 0.3) is 0 Å². The third-order valence-electron chi connectivity index (χ3n) is 11.7. The smallest absolute Gasteiger partial charge is 0.326 e. The van der Waals surface area contributed by atoms with Crippen LogP contribution in [0, 0.1) is 11.8 Å². The maximum absolute atomic E-state index is 14.2. The van der Waals surface area contributed by atoms with E-state index in [-0.39, 0.29) is 62.7 Å². The molecule has 2 aromatic carbocycles. The second kappa shape index (κ2) is 28.8. The van der Waals surface area contributed by atoms with Crippen molar-refractivity contribution in [3.63, 3.8) is 0 Å². The lowest BCUT2D eigenvalue weighted by Gasteiger charge is -2.31. The number of rotatable bonds is 29. The minimum Gasteiger partial charge on any atom is -0.508 e. The van der Waals surface area contributed by atoms with E-state index in [4.69, 9.17) is 11.5 Å². The van der Waals surface area contributed by atoms with Crippen molar-refractivity contribution in [1.82, 2.24) is 36.8 Å². The first-order valence-electron chi connectivity index (χ1n) is 23.9. The lowest BCUT2D eigenvalue weighted by atomic mass is 10.00. The minimum absolute atomic E-state index is 0.0749. The molecule has 0 saturated carbocycles. The van der Waals surface area contributed by atoms with E-state index in [9.17, 15) is 58.5 Å². The molecule has 0 aromatic heterocycles. The second-order valence-electron chi connectivity index (χ2n) is 18.7. The fourth-order valence-corrected chi connectivity index (χ4v) is 7.99. The molecule has 0 bridgehead atoms. The van der Waals surface area contributed by atoms with Gasteiger partial charge in [-0.1, -0.05) is 70.2 Å². The Labute approximate surface area is 409 Å². The molecule has 2 aromatic rings. The molecule has 1 saturated heterocycles. The van der Waals surface area contributed by atoms with Crippen molar-refractivity contribution in [2.45, 2.75) is 154 Å². The zero-order chi connectivity index (χ0) is 52.1. The summed E-state index contributed by atoms with van der Waals surface area (Å²) < 4.78 is 0. The van der Waals surface area contributed by atoms with Crippen molar-refractivity contribution in [3.05, 3.63) is 65.7 Å². The number of hydrogen-bond donors (Lipinski definition) is 11. The van der Waals surface area contributed by atoms with Crippen molar-refractivity contribution in [1.29, 1.82) is 0 Å². The quantitative estimate of drug-likeness (QED) is 0.0498. The summed E-state index contributed by atoms with van der Waals surface area (Å²) in [5.41, 5.74) is 13.0. The zero-order valence-corrected chi connectivity index (χ0v) is 40.8. The summed E-state index contributed by atoms with van der Waals surface area (Å²) in [6, 6.07) is 5.07. The monoisotopic (exact) mass is 980 g/mol. The van der Waals surface area contributed by atoms with Gasteiger partial charge in [0, 0.05) is 19.4 Å². The minimum atomic E-state index is -1.54. The number of nitrogens with zero attached hydrogens (tertiary/aromatic N) is 1. The van der Waals surface area contributed by atoms with Gasteiger partial charge in [0.05, 0.1) is 6.04 Å². The van der Waals surface area contributed by atoms with Crippen LogP contribution in [0.2, 0.25) is 0 Å². The Morgan fingerprint density at radius 1 is 0.629 bits per heavy atom. The molecule has 0 aliphatic carbocycles. The number of carboxylic acid groups (broad SMARTS) is 2. The van der Waals surface area contributed by atoms with Crippen molar-refractivity contribution >= 4 is 53.3 Å². The number of nitrogens with two attached hydrogens (primary N) is 2. The number of amides is 7. The maximum atomic E-state index is 14.2. The lowest BCUT2D eigenvalue weighted by molar-refractivity contribution is -0.143. The number of likely N-dealkylation sites (tertiary alicyclic amines) is 1. The number of carboxylic acids is 2. The van der Waals surface area contributed by atoms with Crippen molar-refractivity contribution < 1.29 is 58.5 Å². The summed E-state index contributed by atoms with van der Waals surface area (Å²) in [5, 5.41) is 45.0. The summed E-state index contributed by atoms with van der Waals surface area (Å²) >= 11 is 0. The molecule has 21 nitrogen and oxygen atoms in total. The number of phenols is 1. The van der Waals surface area contributed by atoms with Crippen LogP contribution in [0.4, 0.5) is 0 Å². The molecule has 7 amide bonds. The van der Waals surface area contributed by atoms with E-state index in [0.29, 0.717) is 31.4 Å². The van der Waals surface area contributed by atoms with Gasteiger partial charge in [-0.2, -0.15) is 0 Å². The van der Waals surface area contributed by atoms with Crippen LogP contribution in [0.1, 0.15) is 104 Å². The van der Waals surface area contributed by atoms with Gasteiger partial charge in [-0.15, -0.1) is 0 Å². The Hall–Kier alpha value is -6.61. The molecule has 21 heteroatoms. The number of hydrogen-bond acceptors (Lipinski definition) is 12. The predicted octanol–water partition coefficient (Wildman–Crippen LogP) is 0.595. The average molecular weight is 980 g/mol. The highest BCUT2D eigenvalue weighted by Crippen LogP contribution is 2.22. The zero-order valence-electron chi connectivity index (χ0n) is 40.8. The molecular formula is C49H73N9O12. The molecule has 0 radical (unpaired) electrons. The van der Waals surface area contributed by atoms with Crippen molar-refractivity contribution in [2.75, 3.05) is 13.1 Å². The van der Waals surface area contributed by atoms with E-state index < -0.39 is 114 Å². The fourth-order valence-electron chi connectivity index (χ4n) is 7.99. The van der Waals surface area contributed by atoms with Crippen molar-refractivity contribution in [3.8, 4) is 5.75 Å². The van der Waals surface area contributed by atoms with Crippen LogP contribution in [0.25, 0.3) is 0 Å². The summed E-state index contributed by atoms with van der Waals surface area (Å²) in [4.78, 5) is 122. The van der Waals surface area contributed by atoms with E-state index in [0.717, 1.165) is 5.56 Å². The Bertz CT molecular complexity index is 2090. The van der Waals surface area contributed by atoms with E-state index in [2.05, 4.69) is 31.9 Å². The molecule has 0 spiro atoms. The third-order valence-corrected chi connectivity index (χ3v) is 11.7. The molecule has 1 aliphatic rings. The van der Waals surface area contributed by atoms with Gasteiger partial charge in [0.1, 0.15) is 48.0 Å². The summed E-state index contributed by atoms with van der Waals surface area (Å²) in [7, 11) is 0. The Balaban J connectivity index is 1.83. The molecule has 13 N–H and O–H groups in total. The molecule has 1 heterocycles. The first-order valence-corrected chi connectivity index (χ1v) is 23.9. The molecule has 8 unspecified atom stereocenters. The Morgan fingerprint density at radius 3 is 1.79 bits per heavy atom. The van der Waals surface area contributed by atoms with Gasteiger partial charge in [-0.25, -0.2) is 4.79 Å². The maximum Gasteiger partial charge on any atom is 0.326 e. The predicted molar refractivity (Wildman–Crippen MR) is 258 cm³/mol. The molecule has 8 atom stereocenters. The molecule has 1 fully saturated rings. The Kier molecular flexibility index (Phi) is 23.7. The van der Waals surface area contributed by atoms with E-state index in [1.807, 2.05) is 44.2 Å². The number of aliphatic carboxylic acids is 2. The van der Waals surface area contributed by atoms with Crippen LogP contribution in [-0.4, -0.2) is 135 Å². The normalized spacial score (nSPS) is 16.4. The van der Waals surface area contributed by atoms with Gasteiger partial charge in [0.2, 0.25) is 41.4 Å². The van der Waals surface area contributed by atoms with Crippen LogP contribution in [-0.2, 0) is 56.0 Å². The number of benzene rings is 2. The fraction of sp³-hybridized carbons (Fsp3) is 0.571. The molecule has 1 aliphatic heterocycles. The number of phenolic OH excluding ortho intramolecular Hbond substituents is 1.